The minimum Gasteiger partial charge on any atom is -0.456 e. The molecule has 1 aliphatic heterocycles. The Morgan fingerprint density at radius 2 is 1.89 bits per heavy atom. The van der Waals surface area contributed by atoms with Crippen LogP contribution in [0.4, 0.5) is 5.69 Å². The molecule has 8 nitrogen and oxygen atoms in total. The Hall–Kier alpha value is -3.29. The van der Waals surface area contributed by atoms with Crippen molar-refractivity contribution < 1.29 is 29.1 Å². The number of benzene rings is 3. The smallest absolute Gasteiger partial charge is 0.456 e. The Morgan fingerprint density at radius 3 is 2.57 bits per heavy atom. The van der Waals surface area contributed by atoms with Crippen LogP contribution in [0.2, 0.25) is 0 Å². The van der Waals surface area contributed by atoms with Crippen molar-refractivity contribution in [1.29, 1.82) is 0 Å². The molecule has 0 spiro atoms. The van der Waals surface area contributed by atoms with Crippen molar-refractivity contribution in [1.82, 2.24) is 4.58 Å². The Morgan fingerprint density at radius 1 is 1.11 bits per heavy atom. The van der Waals surface area contributed by atoms with Gasteiger partial charge in [0.1, 0.15) is 32.0 Å². The highest BCUT2D eigenvalue weighted by Gasteiger charge is 2.23. The van der Waals surface area contributed by atoms with E-state index in [0.717, 1.165) is 45.8 Å². The highest BCUT2D eigenvalue weighted by atomic mass is 31.2. The molecule has 1 unspecified atom stereocenters. The van der Waals surface area contributed by atoms with Gasteiger partial charge in [-0.05, 0) is 42.3 Å². The van der Waals surface area contributed by atoms with Crippen LogP contribution in [-0.2, 0) is 13.6 Å². The number of phosphoric ester groups is 1. The number of nitrogens with zero attached hydrogens (tertiary/aromatic N) is 1. The van der Waals surface area contributed by atoms with Crippen molar-refractivity contribution in [2.75, 3.05) is 40.2 Å². The summed E-state index contributed by atoms with van der Waals surface area (Å²) >= 11 is 0. The first-order valence-corrected chi connectivity index (χ1v) is 12.5. The fraction of sp³-hybridized carbons (Fsp3) is 0.231. The molecule has 9 heteroatoms. The zero-order valence-corrected chi connectivity index (χ0v) is 21.2. The Kier molecular flexibility index (Phi) is 6.92. The van der Waals surface area contributed by atoms with E-state index in [2.05, 4.69) is 9.84 Å². The third-order valence-corrected chi connectivity index (χ3v) is 6.85. The number of anilines is 1. The molecule has 0 saturated carbocycles. The lowest BCUT2D eigenvalue weighted by atomic mass is 9.89. The summed E-state index contributed by atoms with van der Waals surface area (Å²) in [6, 6.07) is 17.3. The monoisotopic (exact) mass is 497 g/mol. The first kappa shape index (κ1) is 24.8. The zero-order chi connectivity index (χ0) is 25.3. The first-order chi connectivity index (χ1) is 16.6. The van der Waals surface area contributed by atoms with Crippen molar-refractivity contribution in [3.63, 3.8) is 0 Å². The Labute approximate surface area is 204 Å². The van der Waals surface area contributed by atoms with Crippen LogP contribution in [0, 0.1) is 6.92 Å². The van der Waals surface area contributed by atoms with E-state index in [-0.39, 0.29) is 1.43 Å². The molecular weight excluding hydrogens is 467 g/mol. The molecule has 184 valence electrons. The average Bonchev–Trinajstić information content (AvgIpc) is 2.85. The molecule has 0 amide bonds. The minimum atomic E-state index is -4.26. The number of nitrogens with one attached hydrogen (secondary N) is 1. The van der Waals surface area contributed by atoms with Gasteiger partial charge >= 0.3 is 7.82 Å². The van der Waals surface area contributed by atoms with Crippen LogP contribution < -0.4 is 15.2 Å². The predicted octanol–water partition coefficient (Wildman–Crippen LogP) is 4.78. The summed E-state index contributed by atoms with van der Waals surface area (Å²) in [7, 11) is 2.58. The fourth-order valence-electron chi connectivity index (χ4n) is 3.94. The van der Waals surface area contributed by atoms with Crippen molar-refractivity contribution >= 4 is 30.3 Å². The van der Waals surface area contributed by atoms with Gasteiger partial charge in [-0.1, -0.05) is 12.1 Å². The van der Waals surface area contributed by atoms with Gasteiger partial charge in [0, 0.05) is 55.5 Å². The number of fused-ring (bicyclic) bond motifs is 2. The van der Waals surface area contributed by atoms with E-state index in [1.54, 1.807) is 12.1 Å². The summed E-state index contributed by atoms with van der Waals surface area (Å²) in [6.07, 6.45) is 0. The molecule has 4 rings (SSSR count). The number of Topliss-reactive ketones (excluding diaryl/α,β-unsaturated/α-hetero) is 1. The lowest BCUT2D eigenvalue weighted by Gasteiger charge is -2.18. The normalized spacial score (nSPS) is 13.1. The van der Waals surface area contributed by atoms with Crippen LogP contribution in [0.1, 0.15) is 17.3 Å². The van der Waals surface area contributed by atoms with Crippen LogP contribution in [0.25, 0.3) is 33.4 Å². The number of hydrogen-bond acceptors (Lipinski definition) is 6. The Balaban J connectivity index is 0.00000361. The number of ketones is 1. The highest BCUT2D eigenvalue weighted by molar-refractivity contribution is 7.47. The van der Waals surface area contributed by atoms with Gasteiger partial charge in [0.2, 0.25) is 5.36 Å². The SMILES string of the molecule is CNc1ccc2c(-c3cc(C(=O)COP(=O)(O)OC)ccc3C)c3ccc(=[N+](C)C)cc-3oc2c1.[HH]. The predicted molar refractivity (Wildman–Crippen MR) is 139 cm³/mol. The van der Waals surface area contributed by atoms with Gasteiger partial charge in [-0.15, -0.1) is 0 Å². The van der Waals surface area contributed by atoms with Crippen molar-refractivity contribution in [3.8, 4) is 22.5 Å². The molecule has 1 atom stereocenters. The molecule has 0 aromatic heterocycles. The second-order valence-electron chi connectivity index (χ2n) is 8.39. The van der Waals surface area contributed by atoms with Gasteiger partial charge in [0.05, 0.1) is 6.07 Å². The molecule has 2 N–H and O–H groups in total. The van der Waals surface area contributed by atoms with Crippen LogP contribution in [0.3, 0.4) is 0 Å². The van der Waals surface area contributed by atoms with Crippen molar-refractivity contribution in [2.45, 2.75) is 6.92 Å². The fourth-order valence-corrected chi connectivity index (χ4v) is 4.33. The van der Waals surface area contributed by atoms with Crippen LogP contribution in [-0.4, -0.2) is 45.5 Å². The number of phosphoric acid groups is 1. The summed E-state index contributed by atoms with van der Waals surface area (Å²) < 4.78 is 29.1. The molecule has 0 radical (unpaired) electrons. The second kappa shape index (κ2) is 9.76. The maximum absolute atomic E-state index is 12.8. The Bertz CT molecular complexity index is 1530. The molecule has 2 aliphatic rings. The van der Waals surface area contributed by atoms with E-state index in [1.165, 1.54) is 0 Å². The molecule has 1 heterocycles. The topological polar surface area (TPSA) is 101 Å². The molecular formula is C26H30N2O6P+. The van der Waals surface area contributed by atoms with E-state index >= 15 is 0 Å². The van der Waals surface area contributed by atoms with E-state index in [0.29, 0.717) is 16.9 Å². The third kappa shape index (κ3) is 5.06. The standard InChI is InChI=1S/C26H27N2O6P.H2/c1-16-6-7-17(23(29)15-33-35(30,31)32-5)12-22(16)26-20-10-8-18(27-2)13-24(20)34-25-14-19(28(3)4)9-11-21(25)26;/h6-14H,15H2,1-5H3,(H,30,31);1H/p+1. The number of rotatable bonds is 7. The summed E-state index contributed by atoms with van der Waals surface area (Å²) in [5, 5.41) is 5.04. The lowest BCUT2D eigenvalue weighted by Crippen LogP contribution is -2.21. The van der Waals surface area contributed by atoms with Gasteiger partial charge in [-0.25, -0.2) is 9.14 Å². The summed E-state index contributed by atoms with van der Waals surface area (Å²) in [5.74, 6) is 0.284. The molecule has 35 heavy (non-hydrogen) atoms. The highest BCUT2D eigenvalue weighted by Crippen LogP contribution is 2.43. The van der Waals surface area contributed by atoms with Crippen LogP contribution in [0.15, 0.2) is 59.0 Å². The third-order valence-electron chi connectivity index (χ3n) is 5.93. The second-order valence-corrected chi connectivity index (χ2v) is 9.95. The number of hydrogen-bond donors (Lipinski definition) is 2. The van der Waals surface area contributed by atoms with Gasteiger partial charge < -0.3 is 14.6 Å². The largest absolute Gasteiger partial charge is 0.472 e. The quantitative estimate of drug-likeness (QED) is 0.164. The van der Waals surface area contributed by atoms with Gasteiger partial charge in [0.25, 0.3) is 0 Å². The van der Waals surface area contributed by atoms with E-state index in [9.17, 15) is 14.3 Å². The first-order valence-electron chi connectivity index (χ1n) is 11.0. The van der Waals surface area contributed by atoms with E-state index in [1.807, 2.05) is 75.1 Å². The maximum Gasteiger partial charge on any atom is 0.472 e. The maximum atomic E-state index is 12.8. The molecule has 2 aromatic rings. The van der Waals surface area contributed by atoms with Crippen molar-refractivity contribution in [3.05, 3.63) is 71.1 Å². The molecule has 0 fully saturated rings. The minimum absolute atomic E-state index is 0. The summed E-state index contributed by atoms with van der Waals surface area (Å²) in [5.41, 5.74) is 5.65. The van der Waals surface area contributed by atoms with Crippen molar-refractivity contribution in [2.24, 2.45) is 0 Å². The number of carbonyl (C=O) groups excluding carboxylic acids is 1. The van der Waals surface area contributed by atoms with Gasteiger partial charge in [0.15, 0.2) is 5.78 Å². The summed E-state index contributed by atoms with van der Waals surface area (Å²) in [4.78, 5) is 22.3. The van der Waals surface area contributed by atoms with Gasteiger partial charge in [-0.2, -0.15) is 0 Å². The molecule has 1 aliphatic carbocycles. The van der Waals surface area contributed by atoms with Crippen LogP contribution in [0.5, 0.6) is 0 Å². The van der Waals surface area contributed by atoms with E-state index in [4.69, 9.17) is 8.94 Å². The van der Waals surface area contributed by atoms with Gasteiger partial charge in [-0.3, -0.25) is 13.8 Å². The lowest BCUT2D eigenvalue weighted by molar-refractivity contribution is 0.0872. The zero-order valence-electron chi connectivity index (χ0n) is 20.3. The van der Waals surface area contributed by atoms with Crippen LogP contribution >= 0.6 is 7.82 Å². The molecule has 0 saturated heterocycles. The average molecular weight is 498 g/mol. The number of aryl methyl sites for hydroxylation is 1. The molecule has 2 aromatic carbocycles. The number of carbonyl (C=O) groups is 1. The van der Waals surface area contributed by atoms with E-state index < -0.39 is 20.2 Å². The summed E-state index contributed by atoms with van der Waals surface area (Å²) in [6.45, 7) is 1.40. The molecule has 0 bridgehead atoms.